The van der Waals surface area contributed by atoms with E-state index in [1.54, 1.807) is 17.0 Å². The van der Waals surface area contributed by atoms with Crippen LogP contribution in [0.2, 0.25) is 0 Å². The Hall–Kier alpha value is -2.69. The number of hydrogen-bond donors (Lipinski definition) is 1. The average molecular weight is 323 g/mol. The summed E-state index contributed by atoms with van der Waals surface area (Å²) in [5.41, 5.74) is 2.72. The molecule has 0 atom stereocenters. The fourth-order valence-corrected chi connectivity index (χ4v) is 2.80. The van der Waals surface area contributed by atoms with E-state index in [2.05, 4.69) is 17.2 Å². The molecule has 24 heavy (non-hydrogen) atoms. The summed E-state index contributed by atoms with van der Waals surface area (Å²) in [7, 11) is 0. The number of carbonyl (C=O) groups excluding carboxylic acids is 2. The lowest BCUT2D eigenvalue weighted by Crippen LogP contribution is -2.28. The Morgan fingerprint density at radius 2 is 1.83 bits per heavy atom. The van der Waals surface area contributed by atoms with Gasteiger partial charge in [0.15, 0.2) is 0 Å². The topological polar surface area (TPSA) is 62.3 Å². The highest BCUT2D eigenvalue weighted by Crippen LogP contribution is 2.14. The van der Waals surface area contributed by atoms with Crippen molar-refractivity contribution in [2.24, 2.45) is 0 Å². The van der Waals surface area contributed by atoms with E-state index < -0.39 is 0 Å². The third kappa shape index (κ3) is 3.62. The van der Waals surface area contributed by atoms with Gasteiger partial charge < -0.3 is 10.2 Å². The maximum Gasteiger partial charge on any atom is 0.272 e. The van der Waals surface area contributed by atoms with Crippen LogP contribution in [-0.2, 0) is 6.42 Å². The van der Waals surface area contributed by atoms with Crippen molar-refractivity contribution in [1.82, 2.24) is 9.88 Å². The summed E-state index contributed by atoms with van der Waals surface area (Å²) in [4.78, 5) is 30.7. The number of aryl methyl sites for hydroxylation is 1. The van der Waals surface area contributed by atoms with Crippen LogP contribution in [0, 0.1) is 0 Å². The van der Waals surface area contributed by atoms with Crippen LogP contribution in [0.4, 0.5) is 5.69 Å². The maximum absolute atomic E-state index is 12.4. The van der Waals surface area contributed by atoms with E-state index in [0.29, 0.717) is 11.3 Å². The molecule has 2 amide bonds. The molecule has 5 nitrogen and oxygen atoms in total. The third-order valence-electron chi connectivity index (χ3n) is 4.25. The van der Waals surface area contributed by atoms with Gasteiger partial charge in [-0.25, -0.2) is 0 Å². The van der Waals surface area contributed by atoms with E-state index in [-0.39, 0.29) is 11.8 Å². The Morgan fingerprint density at radius 1 is 1.12 bits per heavy atom. The molecule has 1 aliphatic heterocycles. The van der Waals surface area contributed by atoms with Crippen LogP contribution in [0.15, 0.2) is 42.6 Å². The van der Waals surface area contributed by atoms with Gasteiger partial charge in [-0.3, -0.25) is 14.6 Å². The Morgan fingerprint density at radius 3 is 2.50 bits per heavy atom. The number of hydrogen-bond acceptors (Lipinski definition) is 3. The summed E-state index contributed by atoms with van der Waals surface area (Å²) in [5.74, 6) is -0.341. The van der Waals surface area contributed by atoms with E-state index in [9.17, 15) is 9.59 Å². The van der Waals surface area contributed by atoms with Crippen molar-refractivity contribution < 1.29 is 9.59 Å². The minimum atomic E-state index is -0.239. The lowest BCUT2D eigenvalue weighted by Gasteiger charge is -2.14. The molecule has 1 fully saturated rings. The van der Waals surface area contributed by atoms with Crippen LogP contribution in [0.1, 0.15) is 46.2 Å². The second kappa shape index (κ2) is 7.25. The first kappa shape index (κ1) is 16.2. The van der Waals surface area contributed by atoms with Crippen molar-refractivity contribution in [1.29, 1.82) is 0 Å². The number of anilines is 1. The van der Waals surface area contributed by atoms with Gasteiger partial charge in [0.05, 0.1) is 0 Å². The summed E-state index contributed by atoms with van der Waals surface area (Å²) < 4.78 is 0. The van der Waals surface area contributed by atoms with Crippen LogP contribution >= 0.6 is 0 Å². The molecular weight excluding hydrogens is 302 g/mol. The third-order valence-corrected chi connectivity index (χ3v) is 4.25. The van der Waals surface area contributed by atoms with Crippen LogP contribution < -0.4 is 5.32 Å². The number of aromatic nitrogens is 1. The molecule has 124 valence electrons. The minimum Gasteiger partial charge on any atom is -0.337 e. The first-order valence-corrected chi connectivity index (χ1v) is 8.33. The zero-order chi connectivity index (χ0) is 16.9. The zero-order valence-electron chi connectivity index (χ0n) is 13.8. The Kier molecular flexibility index (Phi) is 4.89. The molecule has 5 heteroatoms. The Labute approximate surface area is 141 Å². The molecule has 1 aliphatic rings. The van der Waals surface area contributed by atoms with Gasteiger partial charge >= 0.3 is 0 Å². The largest absolute Gasteiger partial charge is 0.337 e. The number of rotatable bonds is 4. The summed E-state index contributed by atoms with van der Waals surface area (Å²) in [6.45, 7) is 3.62. The molecule has 0 unspecified atom stereocenters. The van der Waals surface area contributed by atoms with Crippen LogP contribution in [0.5, 0.6) is 0 Å². The SMILES string of the molecule is CCc1ccc(NC(=O)c2ccnc(C(=O)N3CCCC3)c2)cc1. The van der Waals surface area contributed by atoms with Gasteiger partial charge in [-0.1, -0.05) is 19.1 Å². The summed E-state index contributed by atoms with van der Waals surface area (Å²) in [5, 5.41) is 2.85. The summed E-state index contributed by atoms with van der Waals surface area (Å²) >= 11 is 0. The second-order valence-electron chi connectivity index (χ2n) is 5.93. The first-order chi connectivity index (χ1) is 11.7. The van der Waals surface area contributed by atoms with Crippen molar-refractivity contribution in [2.45, 2.75) is 26.2 Å². The van der Waals surface area contributed by atoms with E-state index in [4.69, 9.17) is 0 Å². The normalized spacial score (nSPS) is 13.8. The predicted octanol–water partition coefficient (Wildman–Crippen LogP) is 3.13. The number of carbonyl (C=O) groups is 2. The standard InChI is InChI=1S/C19H21N3O2/c1-2-14-5-7-16(8-6-14)21-18(23)15-9-10-20-17(13-15)19(24)22-11-3-4-12-22/h5-10,13H,2-4,11-12H2,1H3,(H,21,23). The van der Waals surface area contributed by atoms with Crippen molar-refractivity contribution in [2.75, 3.05) is 18.4 Å². The van der Waals surface area contributed by atoms with Gasteiger partial charge in [0, 0.05) is 30.5 Å². The van der Waals surface area contributed by atoms with Crippen molar-refractivity contribution >= 4 is 17.5 Å². The summed E-state index contributed by atoms with van der Waals surface area (Å²) in [6, 6.07) is 10.9. The zero-order valence-corrected chi connectivity index (χ0v) is 13.8. The van der Waals surface area contributed by atoms with Gasteiger partial charge in [-0.15, -0.1) is 0 Å². The van der Waals surface area contributed by atoms with E-state index in [1.807, 2.05) is 24.3 Å². The van der Waals surface area contributed by atoms with Crippen LogP contribution in [-0.4, -0.2) is 34.8 Å². The predicted molar refractivity (Wildman–Crippen MR) is 93.1 cm³/mol. The molecule has 2 heterocycles. The van der Waals surface area contributed by atoms with Crippen LogP contribution in [0.3, 0.4) is 0 Å². The number of likely N-dealkylation sites (tertiary alicyclic amines) is 1. The maximum atomic E-state index is 12.4. The van der Waals surface area contributed by atoms with Gasteiger partial charge in [0.2, 0.25) is 0 Å². The Balaban J connectivity index is 1.72. The quantitative estimate of drug-likeness (QED) is 0.940. The average Bonchev–Trinajstić information content (AvgIpc) is 3.16. The second-order valence-corrected chi connectivity index (χ2v) is 5.93. The number of nitrogens with zero attached hydrogens (tertiary/aromatic N) is 2. The van der Waals surface area contributed by atoms with Gasteiger partial charge in [-0.05, 0) is 49.1 Å². The highest BCUT2D eigenvalue weighted by molar-refractivity contribution is 6.05. The van der Waals surface area contributed by atoms with E-state index in [0.717, 1.165) is 38.0 Å². The highest BCUT2D eigenvalue weighted by Gasteiger charge is 2.21. The summed E-state index contributed by atoms with van der Waals surface area (Å²) in [6.07, 6.45) is 4.53. The fraction of sp³-hybridized carbons (Fsp3) is 0.316. The molecule has 0 spiro atoms. The lowest BCUT2D eigenvalue weighted by atomic mass is 10.1. The van der Waals surface area contributed by atoms with Crippen molar-refractivity contribution in [3.8, 4) is 0 Å². The molecule has 1 saturated heterocycles. The van der Waals surface area contributed by atoms with Crippen molar-refractivity contribution in [3.63, 3.8) is 0 Å². The van der Waals surface area contributed by atoms with E-state index >= 15 is 0 Å². The molecule has 0 bridgehead atoms. The van der Waals surface area contributed by atoms with Crippen molar-refractivity contribution in [3.05, 3.63) is 59.4 Å². The van der Waals surface area contributed by atoms with Gasteiger partial charge in [-0.2, -0.15) is 0 Å². The molecule has 0 saturated carbocycles. The molecule has 0 radical (unpaired) electrons. The smallest absolute Gasteiger partial charge is 0.272 e. The molecule has 0 aliphatic carbocycles. The number of nitrogens with one attached hydrogen (secondary N) is 1. The highest BCUT2D eigenvalue weighted by atomic mass is 16.2. The number of benzene rings is 1. The van der Waals surface area contributed by atoms with Gasteiger partial charge in [0.25, 0.3) is 11.8 Å². The molecular formula is C19H21N3O2. The molecule has 1 aromatic carbocycles. The first-order valence-electron chi connectivity index (χ1n) is 8.33. The minimum absolute atomic E-state index is 0.102. The number of pyridine rings is 1. The molecule has 1 aromatic heterocycles. The number of amides is 2. The van der Waals surface area contributed by atoms with E-state index in [1.165, 1.54) is 11.8 Å². The molecule has 2 aromatic rings. The molecule has 3 rings (SSSR count). The fourth-order valence-electron chi connectivity index (χ4n) is 2.80. The lowest BCUT2D eigenvalue weighted by molar-refractivity contribution is 0.0787. The van der Waals surface area contributed by atoms with Crippen LogP contribution in [0.25, 0.3) is 0 Å². The molecule has 1 N–H and O–H groups in total. The van der Waals surface area contributed by atoms with Gasteiger partial charge in [0.1, 0.15) is 5.69 Å². The Bertz CT molecular complexity index is 735. The monoisotopic (exact) mass is 323 g/mol.